The summed E-state index contributed by atoms with van der Waals surface area (Å²) < 4.78 is 5.68. The summed E-state index contributed by atoms with van der Waals surface area (Å²) in [7, 11) is 0. The lowest BCUT2D eigenvalue weighted by molar-refractivity contribution is 0.242. The van der Waals surface area contributed by atoms with E-state index < -0.39 is 0 Å². The summed E-state index contributed by atoms with van der Waals surface area (Å²) >= 11 is 0. The van der Waals surface area contributed by atoms with Crippen molar-refractivity contribution < 1.29 is 4.74 Å². The second kappa shape index (κ2) is 8.10. The third-order valence-electron chi connectivity index (χ3n) is 4.49. The van der Waals surface area contributed by atoms with Crippen LogP contribution >= 0.6 is 0 Å². The number of nitrogens with zero attached hydrogens (tertiary/aromatic N) is 3. The zero-order valence-corrected chi connectivity index (χ0v) is 16.4. The Bertz CT molecular complexity index is 1150. The van der Waals surface area contributed by atoms with Crippen LogP contribution in [-0.2, 0) is 0 Å². The summed E-state index contributed by atoms with van der Waals surface area (Å²) in [5, 5.41) is 10.7. The predicted octanol–water partition coefficient (Wildman–Crippen LogP) is 6.69. The Hall–Kier alpha value is -3.73. The molecule has 0 amide bonds. The van der Waals surface area contributed by atoms with E-state index in [4.69, 9.17) is 10.5 Å². The molecule has 0 aliphatic heterocycles. The Morgan fingerprint density at radius 1 is 0.862 bits per heavy atom. The molecule has 29 heavy (non-hydrogen) atoms. The number of nitrogen functional groups attached to an aromatic ring is 1. The molecule has 1 aromatic heterocycles. The summed E-state index contributed by atoms with van der Waals surface area (Å²) in [5.41, 5.74) is 10.1. The molecule has 5 heteroatoms. The fourth-order valence-electron chi connectivity index (χ4n) is 3.08. The fraction of sp³-hybridized carbons (Fsp3) is 0.125. The van der Waals surface area contributed by atoms with E-state index >= 15 is 0 Å². The number of anilines is 1. The van der Waals surface area contributed by atoms with Gasteiger partial charge in [-0.05, 0) is 61.7 Å². The highest BCUT2D eigenvalue weighted by atomic mass is 16.5. The van der Waals surface area contributed by atoms with Crippen LogP contribution in [0.15, 0.2) is 89.2 Å². The lowest BCUT2D eigenvalue weighted by atomic mass is 10.1. The van der Waals surface area contributed by atoms with Gasteiger partial charge in [-0.25, -0.2) is 0 Å². The van der Waals surface area contributed by atoms with Crippen LogP contribution in [-0.4, -0.2) is 11.1 Å². The molecule has 0 spiro atoms. The normalized spacial score (nSPS) is 11.4. The maximum absolute atomic E-state index is 6.25. The first-order valence-electron chi connectivity index (χ1n) is 9.52. The van der Waals surface area contributed by atoms with Crippen molar-refractivity contribution in [1.29, 1.82) is 0 Å². The van der Waals surface area contributed by atoms with E-state index in [0.29, 0.717) is 17.1 Å². The Morgan fingerprint density at radius 2 is 1.66 bits per heavy atom. The number of hydrogen-bond donors (Lipinski definition) is 1. The summed E-state index contributed by atoms with van der Waals surface area (Å²) in [6, 6.07) is 23.5. The molecule has 4 rings (SSSR count). The molecule has 0 unspecified atom stereocenters. The molecule has 0 radical (unpaired) electrons. The molecule has 0 saturated carbocycles. The maximum atomic E-state index is 6.25. The summed E-state index contributed by atoms with van der Waals surface area (Å²) in [4.78, 5) is 4.50. The number of rotatable bonds is 5. The van der Waals surface area contributed by atoms with E-state index in [0.717, 1.165) is 27.8 Å². The second-order valence-corrected chi connectivity index (χ2v) is 7.01. The van der Waals surface area contributed by atoms with E-state index in [9.17, 15) is 0 Å². The number of ether oxygens (including phenoxy) is 1. The number of hydrogen-bond acceptors (Lipinski definition) is 5. The molecule has 3 aromatic carbocycles. The molecule has 4 aromatic rings. The average molecular weight is 382 g/mol. The molecule has 144 valence electrons. The maximum Gasteiger partial charge on any atom is 0.119 e. The van der Waals surface area contributed by atoms with Crippen LogP contribution in [0.5, 0.6) is 5.75 Å². The van der Waals surface area contributed by atoms with Crippen LogP contribution in [0.25, 0.3) is 22.0 Å². The van der Waals surface area contributed by atoms with Crippen LogP contribution in [0.3, 0.4) is 0 Å². The third-order valence-corrected chi connectivity index (χ3v) is 4.49. The van der Waals surface area contributed by atoms with Gasteiger partial charge < -0.3 is 10.5 Å². The summed E-state index contributed by atoms with van der Waals surface area (Å²) in [5.74, 6) is 0.849. The van der Waals surface area contributed by atoms with Gasteiger partial charge in [0.15, 0.2) is 0 Å². The molecule has 0 atom stereocenters. The van der Waals surface area contributed by atoms with Gasteiger partial charge in [-0.2, -0.15) is 0 Å². The topological polar surface area (TPSA) is 72.9 Å². The molecule has 0 aliphatic rings. The van der Waals surface area contributed by atoms with Crippen molar-refractivity contribution in [3.05, 3.63) is 79.0 Å². The van der Waals surface area contributed by atoms with Gasteiger partial charge in [0.2, 0.25) is 0 Å². The summed E-state index contributed by atoms with van der Waals surface area (Å²) in [6.07, 6.45) is 1.86. The SMILES string of the molecule is CC(C)Oc1ccc(-c2ccc(N=Nc3ccc4ccccc4c3N)cn2)cc1. The van der Waals surface area contributed by atoms with Gasteiger partial charge in [0.05, 0.1) is 23.7 Å². The number of aromatic nitrogens is 1. The minimum atomic E-state index is 0.153. The number of benzene rings is 3. The second-order valence-electron chi connectivity index (χ2n) is 7.01. The highest BCUT2D eigenvalue weighted by Gasteiger charge is 2.04. The van der Waals surface area contributed by atoms with Gasteiger partial charge in [-0.15, -0.1) is 10.2 Å². The first-order chi connectivity index (χ1) is 14.1. The van der Waals surface area contributed by atoms with Crippen molar-refractivity contribution in [1.82, 2.24) is 4.98 Å². The lowest BCUT2D eigenvalue weighted by Gasteiger charge is -2.10. The lowest BCUT2D eigenvalue weighted by Crippen LogP contribution is -2.05. The first kappa shape index (κ1) is 18.6. The van der Waals surface area contributed by atoms with Crippen molar-refractivity contribution in [3.8, 4) is 17.0 Å². The zero-order chi connectivity index (χ0) is 20.2. The zero-order valence-electron chi connectivity index (χ0n) is 16.4. The summed E-state index contributed by atoms with van der Waals surface area (Å²) in [6.45, 7) is 4.02. The Morgan fingerprint density at radius 3 is 2.38 bits per heavy atom. The predicted molar refractivity (Wildman–Crippen MR) is 118 cm³/mol. The molecular formula is C24H22N4O. The quantitative estimate of drug-likeness (QED) is 0.309. The van der Waals surface area contributed by atoms with Gasteiger partial charge in [0, 0.05) is 10.9 Å². The monoisotopic (exact) mass is 382 g/mol. The number of pyridine rings is 1. The van der Waals surface area contributed by atoms with Crippen molar-refractivity contribution in [2.75, 3.05) is 5.73 Å². The van der Waals surface area contributed by atoms with Gasteiger partial charge in [0.25, 0.3) is 0 Å². The molecule has 0 fully saturated rings. The molecule has 5 nitrogen and oxygen atoms in total. The van der Waals surface area contributed by atoms with Crippen LogP contribution < -0.4 is 10.5 Å². The smallest absolute Gasteiger partial charge is 0.119 e. The van der Waals surface area contributed by atoms with E-state index in [-0.39, 0.29) is 6.10 Å². The molecular weight excluding hydrogens is 360 g/mol. The Kier molecular flexibility index (Phi) is 5.20. The van der Waals surface area contributed by atoms with Crippen LogP contribution in [0.1, 0.15) is 13.8 Å². The highest BCUT2D eigenvalue weighted by Crippen LogP contribution is 2.32. The van der Waals surface area contributed by atoms with E-state index in [1.54, 1.807) is 6.20 Å². The van der Waals surface area contributed by atoms with Gasteiger partial charge in [-0.1, -0.05) is 30.3 Å². The largest absolute Gasteiger partial charge is 0.491 e. The molecule has 2 N–H and O–H groups in total. The van der Waals surface area contributed by atoms with Crippen molar-refractivity contribution >= 4 is 27.8 Å². The molecule has 0 saturated heterocycles. The Balaban J connectivity index is 1.52. The molecule has 0 aliphatic carbocycles. The van der Waals surface area contributed by atoms with Gasteiger partial charge in [-0.3, -0.25) is 4.98 Å². The van der Waals surface area contributed by atoms with Crippen LogP contribution in [0.2, 0.25) is 0 Å². The molecule has 1 heterocycles. The van der Waals surface area contributed by atoms with Crippen molar-refractivity contribution in [3.63, 3.8) is 0 Å². The number of nitrogens with two attached hydrogens (primary N) is 1. The Labute approximate surface area is 169 Å². The fourth-order valence-corrected chi connectivity index (χ4v) is 3.08. The van der Waals surface area contributed by atoms with E-state index in [1.807, 2.05) is 86.6 Å². The minimum Gasteiger partial charge on any atom is -0.491 e. The first-order valence-corrected chi connectivity index (χ1v) is 9.52. The third kappa shape index (κ3) is 4.24. The van der Waals surface area contributed by atoms with Crippen molar-refractivity contribution in [2.45, 2.75) is 20.0 Å². The van der Waals surface area contributed by atoms with Gasteiger partial charge in [0.1, 0.15) is 17.1 Å². The minimum absolute atomic E-state index is 0.153. The van der Waals surface area contributed by atoms with E-state index in [1.165, 1.54) is 0 Å². The molecule has 0 bridgehead atoms. The average Bonchev–Trinajstić information content (AvgIpc) is 2.74. The van der Waals surface area contributed by atoms with Crippen LogP contribution in [0, 0.1) is 0 Å². The standard InChI is InChI=1S/C24H22N4O/c1-16(2)29-20-11-7-18(8-12-20)22-14-10-19(15-26-22)27-28-23-13-9-17-5-3-4-6-21(17)24(23)25/h3-16H,25H2,1-2H3. The highest BCUT2D eigenvalue weighted by molar-refractivity contribution is 5.97. The van der Waals surface area contributed by atoms with Crippen LogP contribution in [0.4, 0.5) is 17.1 Å². The van der Waals surface area contributed by atoms with Gasteiger partial charge >= 0.3 is 0 Å². The number of fused-ring (bicyclic) bond motifs is 1. The van der Waals surface area contributed by atoms with Crippen molar-refractivity contribution in [2.24, 2.45) is 10.2 Å². The van der Waals surface area contributed by atoms with E-state index in [2.05, 4.69) is 15.2 Å². The number of azo groups is 1.